The number of hydrogen-bond donors (Lipinski definition) is 0. The lowest BCUT2D eigenvalue weighted by Crippen LogP contribution is -2.10. The summed E-state index contributed by atoms with van der Waals surface area (Å²) in [5.41, 5.74) is 4.83. The predicted octanol–water partition coefficient (Wildman–Crippen LogP) is 2.55. The molecule has 2 aromatic rings. The maximum absolute atomic E-state index is 8.79. The summed E-state index contributed by atoms with van der Waals surface area (Å²) in [6.07, 6.45) is 5.60. The highest BCUT2D eigenvalue weighted by molar-refractivity contribution is 5.62. The average molecular weight is 250 g/mol. The lowest BCUT2D eigenvalue weighted by atomic mass is 10.0. The van der Waals surface area contributed by atoms with Crippen LogP contribution in [0.5, 0.6) is 0 Å². The molecule has 0 radical (unpaired) electrons. The van der Waals surface area contributed by atoms with Crippen molar-refractivity contribution in [1.82, 2.24) is 10.2 Å². The standard InChI is InChI=1S/C15H14N4/c1-19(10-16)15-8-7-14(17-18-15)13-6-5-11-3-2-4-12(11)9-13/h5-9H,2-4H2,1H3. The number of nitriles is 1. The Morgan fingerprint density at radius 2 is 1.95 bits per heavy atom. The third-order valence-corrected chi connectivity index (χ3v) is 3.54. The van der Waals surface area contributed by atoms with Crippen molar-refractivity contribution in [3.05, 3.63) is 41.5 Å². The van der Waals surface area contributed by atoms with Crippen LogP contribution in [0.25, 0.3) is 11.3 Å². The Balaban J connectivity index is 1.92. The van der Waals surface area contributed by atoms with Gasteiger partial charge in [0.1, 0.15) is 0 Å². The molecule has 0 bridgehead atoms. The number of benzene rings is 1. The molecular formula is C15H14N4. The lowest BCUT2D eigenvalue weighted by Gasteiger charge is -2.08. The van der Waals surface area contributed by atoms with Crippen LogP contribution in [0.1, 0.15) is 17.5 Å². The van der Waals surface area contributed by atoms with Crippen LogP contribution in [0, 0.1) is 11.5 Å². The summed E-state index contributed by atoms with van der Waals surface area (Å²) in [7, 11) is 1.67. The van der Waals surface area contributed by atoms with E-state index in [1.165, 1.54) is 28.9 Å². The van der Waals surface area contributed by atoms with E-state index < -0.39 is 0 Å². The topological polar surface area (TPSA) is 52.8 Å². The number of aryl methyl sites for hydroxylation is 2. The fraction of sp³-hybridized carbons (Fsp3) is 0.267. The van der Waals surface area contributed by atoms with Crippen LogP contribution in [-0.2, 0) is 12.8 Å². The number of hydrogen-bond acceptors (Lipinski definition) is 4. The quantitative estimate of drug-likeness (QED) is 0.607. The fourth-order valence-electron chi connectivity index (χ4n) is 2.44. The molecule has 0 aliphatic heterocycles. The second-order valence-corrected chi connectivity index (χ2v) is 4.77. The van der Waals surface area contributed by atoms with Crippen molar-refractivity contribution in [1.29, 1.82) is 5.26 Å². The van der Waals surface area contributed by atoms with Gasteiger partial charge in [0.05, 0.1) is 5.69 Å². The van der Waals surface area contributed by atoms with Crippen molar-refractivity contribution in [2.75, 3.05) is 11.9 Å². The molecule has 4 heteroatoms. The Morgan fingerprint density at radius 1 is 1.11 bits per heavy atom. The average Bonchev–Trinajstić information content (AvgIpc) is 2.94. The number of aromatic nitrogens is 2. The van der Waals surface area contributed by atoms with Crippen LogP contribution in [-0.4, -0.2) is 17.2 Å². The predicted molar refractivity (Wildman–Crippen MR) is 73.5 cm³/mol. The minimum absolute atomic E-state index is 0.562. The van der Waals surface area contributed by atoms with E-state index in [0.717, 1.165) is 17.7 Å². The Morgan fingerprint density at radius 3 is 2.68 bits per heavy atom. The number of anilines is 1. The van der Waals surface area contributed by atoms with Crippen LogP contribution < -0.4 is 4.90 Å². The normalized spacial score (nSPS) is 12.8. The molecule has 1 aromatic heterocycles. The van der Waals surface area contributed by atoms with E-state index in [1.807, 2.05) is 18.3 Å². The van der Waals surface area contributed by atoms with Gasteiger partial charge in [-0.05, 0) is 48.6 Å². The molecule has 0 saturated heterocycles. The molecule has 1 aliphatic carbocycles. The van der Waals surface area contributed by atoms with Gasteiger partial charge < -0.3 is 0 Å². The van der Waals surface area contributed by atoms with Gasteiger partial charge in [0, 0.05) is 12.6 Å². The Kier molecular flexibility index (Phi) is 2.88. The van der Waals surface area contributed by atoms with Crippen LogP contribution in [0.15, 0.2) is 30.3 Å². The van der Waals surface area contributed by atoms with Crippen LogP contribution in [0.4, 0.5) is 5.82 Å². The molecule has 0 atom stereocenters. The van der Waals surface area contributed by atoms with Gasteiger partial charge in [-0.3, -0.25) is 4.90 Å². The molecule has 4 nitrogen and oxygen atoms in total. The number of fused-ring (bicyclic) bond motifs is 1. The summed E-state index contributed by atoms with van der Waals surface area (Å²) < 4.78 is 0. The Hall–Kier alpha value is -2.41. The molecular weight excluding hydrogens is 236 g/mol. The Labute approximate surface area is 112 Å². The lowest BCUT2D eigenvalue weighted by molar-refractivity contribution is 0.912. The van der Waals surface area contributed by atoms with Gasteiger partial charge in [0.2, 0.25) is 0 Å². The van der Waals surface area contributed by atoms with Gasteiger partial charge in [-0.1, -0.05) is 12.1 Å². The Bertz CT molecular complexity index is 640. The first kappa shape index (κ1) is 11.7. The van der Waals surface area contributed by atoms with Crippen molar-refractivity contribution in [2.45, 2.75) is 19.3 Å². The largest absolute Gasteiger partial charge is 0.265 e. The van der Waals surface area contributed by atoms with E-state index in [9.17, 15) is 0 Å². The molecule has 0 unspecified atom stereocenters. The maximum Gasteiger partial charge on any atom is 0.185 e. The van der Waals surface area contributed by atoms with Crippen molar-refractivity contribution >= 4 is 5.82 Å². The first-order valence-electron chi connectivity index (χ1n) is 6.37. The molecule has 3 rings (SSSR count). The zero-order valence-electron chi connectivity index (χ0n) is 10.8. The molecule has 0 fully saturated rings. The van der Waals surface area contributed by atoms with Crippen LogP contribution >= 0.6 is 0 Å². The molecule has 0 amide bonds. The van der Waals surface area contributed by atoms with Crippen molar-refractivity contribution in [3.63, 3.8) is 0 Å². The van der Waals surface area contributed by atoms with E-state index >= 15 is 0 Å². The summed E-state index contributed by atoms with van der Waals surface area (Å²) in [5.74, 6) is 0.562. The zero-order valence-corrected chi connectivity index (χ0v) is 10.8. The zero-order chi connectivity index (χ0) is 13.2. The van der Waals surface area contributed by atoms with Crippen molar-refractivity contribution in [2.24, 2.45) is 0 Å². The highest BCUT2D eigenvalue weighted by atomic mass is 15.2. The van der Waals surface area contributed by atoms with E-state index in [2.05, 4.69) is 28.4 Å². The fourth-order valence-corrected chi connectivity index (χ4v) is 2.44. The van der Waals surface area contributed by atoms with E-state index in [1.54, 1.807) is 7.05 Å². The van der Waals surface area contributed by atoms with E-state index in [4.69, 9.17) is 5.26 Å². The van der Waals surface area contributed by atoms with Crippen molar-refractivity contribution < 1.29 is 0 Å². The third-order valence-electron chi connectivity index (χ3n) is 3.54. The number of nitrogens with zero attached hydrogens (tertiary/aromatic N) is 4. The van der Waals surface area contributed by atoms with Gasteiger partial charge in [-0.25, -0.2) is 0 Å². The first-order valence-corrected chi connectivity index (χ1v) is 6.37. The minimum atomic E-state index is 0.562. The molecule has 0 saturated carbocycles. The third kappa shape index (κ3) is 2.15. The van der Waals surface area contributed by atoms with Crippen molar-refractivity contribution in [3.8, 4) is 17.5 Å². The highest BCUT2D eigenvalue weighted by Gasteiger charge is 2.12. The molecule has 1 heterocycles. The summed E-state index contributed by atoms with van der Waals surface area (Å²) in [5, 5.41) is 17.1. The summed E-state index contributed by atoms with van der Waals surface area (Å²) in [6.45, 7) is 0. The first-order chi connectivity index (χ1) is 9.28. The molecule has 94 valence electrons. The molecule has 1 aliphatic rings. The van der Waals surface area contributed by atoms with Gasteiger partial charge in [-0.2, -0.15) is 5.26 Å². The molecule has 19 heavy (non-hydrogen) atoms. The van der Waals surface area contributed by atoms with Crippen LogP contribution in [0.3, 0.4) is 0 Å². The molecule has 1 aromatic carbocycles. The monoisotopic (exact) mass is 250 g/mol. The smallest absolute Gasteiger partial charge is 0.185 e. The summed E-state index contributed by atoms with van der Waals surface area (Å²) in [4.78, 5) is 1.39. The SMILES string of the molecule is CN(C#N)c1ccc(-c2ccc3c(c2)CCC3)nn1. The van der Waals surface area contributed by atoms with Gasteiger partial charge >= 0.3 is 0 Å². The second kappa shape index (κ2) is 4.69. The van der Waals surface area contributed by atoms with Crippen LogP contribution in [0.2, 0.25) is 0 Å². The van der Waals surface area contributed by atoms with Gasteiger partial charge in [-0.15, -0.1) is 10.2 Å². The summed E-state index contributed by atoms with van der Waals surface area (Å²) in [6, 6.07) is 10.2. The van der Waals surface area contributed by atoms with E-state index in [0.29, 0.717) is 5.82 Å². The second-order valence-electron chi connectivity index (χ2n) is 4.77. The minimum Gasteiger partial charge on any atom is -0.265 e. The van der Waals surface area contributed by atoms with Gasteiger partial charge in [0.25, 0.3) is 0 Å². The highest BCUT2D eigenvalue weighted by Crippen LogP contribution is 2.27. The molecule has 0 spiro atoms. The summed E-state index contributed by atoms with van der Waals surface area (Å²) >= 11 is 0. The van der Waals surface area contributed by atoms with E-state index in [-0.39, 0.29) is 0 Å². The maximum atomic E-state index is 8.79. The van der Waals surface area contributed by atoms with Gasteiger partial charge in [0.15, 0.2) is 12.0 Å². The number of rotatable bonds is 2. The molecule has 0 N–H and O–H groups in total.